The number of H-pyrrole nitrogens is 1. The number of rotatable bonds is 6. The zero-order valence-corrected chi connectivity index (χ0v) is 20.4. The quantitative estimate of drug-likeness (QED) is 0.272. The second-order valence-corrected chi connectivity index (χ2v) is 7.58. The Hall–Kier alpha value is -2.21. The second kappa shape index (κ2) is 11.4. The number of aromatic nitrogens is 5. The molecule has 9 nitrogen and oxygen atoms in total. The van der Waals surface area contributed by atoms with Crippen LogP contribution in [0.15, 0.2) is 40.1 Å². The van der Waals surface area contributed by atoms with E-state index in [-0.39, 0.29) is 24.0 Å². The molecule has 4 rings (SSSR count). The first-order valence-electron chi connectivity index (χ1n) is 10.2. The molecule has 1 aliphatic heterocycles. The van der Waals surface area contributed by atoms with Crippen LogP contribution in [0.2, 0.25) is 5.02 Å². The zero-order valence-electron chi connectivity index (χ0n) is 17.3. The summed E-state index contributed by atoms with van der Waals surface area (Å²) in [5.41, 5.74) is 0.837. The molecule has 1 fully saturated rings. The normalized spacial score (nSPS) is 15.0. The highest BCUT2D eigenvalue weighted by atomic mass is 127. The topological polar surface area (TPSA) is 108 Å². The van der Waals surface area contributed by atoms with Crippen LogP contribution in [0.25, 0.3) is 11.4 Å². The van der Waals surface area contributed by atoms with Gasteiger partial charge in [0, 0.05) is 42.6 Å². The summed E-state index contributed by atoms with van der Waals surface area (Å²) in [7, 11) is 0. The van der Waals surface area contributed by atoms with Gasteiger partial charge < -0.3 is 14.7 Å². The predicted molar refractivity (Wildman–Crippen MR) is 130 cm³/mol. The monoisotopic (exact) mass is 556 g/mol. The Morgan fingerprint density at radius 1 is 1.35 bits per heavy atom. The van der Waals surface area contributed by atoms with Crippen molar-refractivity contribution in [2.24, 2.45) is 4.99 Å². The van der Waals surface area contributed by atoms with E-state index in [1.165, 1.54) is 0 Å². The summed E-state index contributed by atoms with van der Waals surface area (Å²) < 4.78 is 5.38. The Morgan fingerprint density at radius 3 is 2.90 bits per heavy atom. The molecule has 1 saturated heterocycles. The second-order valence-electron chi connectivity index (χ2n) is 7.14. The van der Waals surface area contributed by atoms with E-state index in [2.05, 4.69) is 42.5 Å². The molecule has 0 aliphatic carbocycles. The third-order valence-corrected chi connectivity index (χ3v) is 5.32. The van der Waals surface area contributed by atoms with Crippen LogP contribution in [-0.4, -0.2) is 62.4 Å². The lowest BCUT2D eigenvalue weighted by Crippen LogP contribution is -2.45. The van der Waals surface area contributed by atoms with Gasteiger partial charge in [-0.05, 0) is 31.9 Å². The molecule has 0 saturated carbocycles. The van der Waals surface area contributed by atoms with Crippen molar-refractivity contribution in [3.05, 3.63) is 47.3 Å². The maximum absolute atomic E-state index is 6.04. The molecule has 1 aromatic carbocycles. The van der Waals surface area contributed by atoms with E-state index in [9.17, 15) is 0 Å². The maximum Gasteiger partial charge on any atom is 0.228 e. The van der Waals surface area contributed by atoms with Gasteiger partial charge in [-0.25, -0.2) is 4.98 Å². The standard InChI is InChI=1S/C20H25ClN8O.HI/c1-2-22-20(29-10-7-14(8-11-29)18-24-13-25-27-18)23-9-6-17-26-19(28-30-17)15-4-3-5-16(21)12-15;/h3-5,12-14H,2,6-11H2,1H3,(H,22,23)(H,24,25,27);1H. The molecule has 166 valence electrons. The number of nitrogens with zero attached hydrogens (tertiary/aromatic N) is 6. The van der Waals surface area contributed by atoms with Gasteiger partial charge in [-0.15, -0.1) is 24.0 Å². The van der Waals surface area contributed by atoms with Crippen LogP contribution in [0.5, 0.6) is 0 Å². The fourth-order valence-electron chi connectivity index (χ4n) is 3.56. The number of hydrogen-bond donors (Lipinski definition) is 2. The number of likely N-dealkylation sites (tertiary alicyclic amines) is 1. The van der Waals surface area contributed by atoms with Crippen molar-refractivity contribution in [1.29, 1.82) is 0 Å². The summed E-state index contributed by atoms with van der Waals surface area (Å²) in [5, 5.41) is 15.0. The third kappa shape index (κ3) is 6.16. The number of aliphatic imine (C=N–C) groups is 1. The van der Waals surface area contributed by atoms with Crippen LogP contribution in [0.1, 0.15) is 37.4 Å². The van der Waals surface area contributed by atoms with E-state index in [0.29, 0.717) is 35.6 Å². The van der Waals surface area contributed by atoms with E-state index in [1.54, 1.807) is 6.33 Å². The molecule has 2 aromatic heterocycles. The summed E-state index contributed by atoms with van der Waals surface area (Å²) in [6.07, 6.45) is 4.19. The minimum absolute atomic E-state index is 0. The summed E-state index contributed by atoms with van der Waals surface area (Å²) in [5.74, 6) is 3.42. The fraction of sp³-hybridized carbons (Fsp3) is 0.450. The van der Waals surface area contributed by atoms with Gasteiger partial charge in [0.15, 0.2) is 5.96 Å². The number of guanidine groups is 1. The molecule has 3 aromatic rings. The number of hydrogen-bond acceptors (Lipinski definition) is 6. The number of piperidine rings is 1. The van der Waals surface area contributed by atoms with Gasteiger partial charge in [0.1, 0.15) is 12.2 Å². The van der Waals surface area contributed by atoms with Crippen LogP contribution < -0.4 is 5.32 Å². The Bertz CT molecular complexity index is 969. The first-order chi connectivity index (χ1) is 14.7. The Kier molecular flexibility index (Phi) is 8.64. The van der Waals surface area contributed by atoms with Crippen molar-refractivity contribution in [3.8, 4) is 11.4 Å². The lowest BCUT2D eigenvalue weighted by Gasteiger charge is -2.33. The van der Waals surface area contributed by atoms with Crippen LogP contribution in [-0.2, 0) is 6.42 Å². The van der Waals surface area contributed by atoms with Gasteiger partial charge in [0.2, 0.25) is 11.7 Å². The number of aromatic amines is 1. The lowest BCUT2D eigenvalue weighted by molar-refractivity contribution is 0.298. The molecule has 0 bridgehead atoms. The number of halogens is 2. The SMILES string of the molecule is CCNC(=NCCc1nc(-c2cccc(Cl)c2)no1)N1CCC(c2ncn[nH]2)CC1.I. The van der Waals surface area contributed by atoms with Crippen LogP contribution in [0.3, 0.4) is 0 Å². The van der Waals surface area contributed by atoms with E-state index in [4.69, 9.17) is 21.1 Å². The smallest absolute Gasteiger partial charge is 0.228 e. The van der Waals surface area contributed by atoms with E-state index >= 15 is 0 Å². The van der Waals surface area contributed by atoms with E-state index in [1.807, 2.05) is 24.3 Å². The molecule has 3 heterocycles. The summed E-state index contributed by atoms with van der Waals surface area (Å²) in [4.78, 5) is 15.8. The summed E-state index contributed by atoms with van der Waals surface area (Å²) in [6.45, 7) is 5.32. The highest BCUT2D eigenvalue weighted by molar-refractivity contribution is 14.0. The van der Waals surface area contributed by atoms with Crippen molar-refractivity contribution in [1.82, 2.24) is 35.5 Å². The number of nitrogens with one attached hydrogen (secondary N) is 2. The molecular weight excluding hydrogens is 531 g/mol. The summed E-state index contributed by atoms with van der Waals surface area (Å²) in [6, 6.07) is 7.41. The van der Waals surface area contributed by atoms with Gasteiger partial charge in [0.05, 0.1) is 6.54 Å². The molecule has 31 heavy (non-hydrogen) atoms. The van der Waals surface area contributed by atoms with Crippen molar-refractivity contribution in [3.63, 3.8) is 0 Å². The average Bonchev–Trinajstić information content (AvgIpc) is 3.46. The first-order valence-corrected chi connectivity index (χ1v) is 10.6. The molecular formula is C20H26ClIN8O. The molecule has 1 aliphatic rings. The van der Waals surface area contributed by atoms with Gasteiger partial charge in [0.25, 0.3) is 0 Å². The lowest BCUT2D eigenvalue weighted by atomic mass is 9.96. The van der Waals surface area contributed by atoms with Gasteiger partial charge >= 0.3 is 0 Å². The molecule has 0 radical (unpaired) electrons. The highest BCUT2D eigenvalue weighted by Gasteiger charge is 2.24. The Labute approximate surface area is 203 Å². The molecule has 0 amide bonds. The van der Waals surface area contributed by atoms with Gasteiger partial charge in [-0.3, -0.25) is 10.1 Å². The first kappa shape index (κ1) is 23.5. The fourth-order valence-corrected chi connectivity index (χ4v) is 3.75. The molecule has 0 atom stereocenters. The largest absolute Gasteiger partial charge is 0.357 e. The summed E-state index contributed by atoms with van der Waals surface area (Å²) >= 11 is 6.04. The highest BCUT2D eigenvalue weighted by Crippen LogP contribution is 2.25. The van der Waals surface area contributed by atoms with Gasteiger partial charge in [-0.1, -0.05) is 28.9 Å². The number of benzene rings is 1. The minimum Gasteiger partial charge on any atom is -0.357 e. The zero-order chi connectivity index (χ0) is 20.8. The Morgan fingerprint density at radius 2 is 2.19 bits per heavy atom. The Balaban J connectivity index is 0.00000272. The van der Waals surface area contributed by atoms with Gasteiger partial charge in [-0.2, -0.15) is 10.1 Å². The molecule has 0 unspecified atom stereocenters. The average molecular weight is 557 g/mol. The van der Waals surface area contributed by atoms with E-state index < -0.39 is 0 Å². The van der Waals surface area contributed by atoms with Crippen molar-refractivity contribution in [2.45, 2.75) is 32.1 Å². The molecule has 11 heteroatoms. The van der Waals surface area contributed by atoms with Crippen LogP contribution in [0.4, 0.5) is 0 Å². The van der Waals surface area contributed by atoms with Crippen molar-refractivity contribution < 1.29 is 4.52 Å². The van der Waals surface area contributed by atoms with Crippen LogP contribution in [0, 0.1) is 0 Å². The molecule has 0 spiro atoms. The van der Waals surface area contributed by atoms with Crippen molar-refractivity contribution in [2.75, 3.05) is 26.2 Å². The predicted octanol–water partition coefficient (Wildman–Crippen LogP) is 3.51. The van der Waals surface area contributed by atoms with Crippen molar-refractivity contribution >= 4 is 41.5 Å². The van der Waals surface area contributed by atoms with Crippen LogP contribution >= 0.6 is 35.6 Å². The maximum atomic E-state index is 6.04. The molecule has 2 N–H and O–H groups in total. The van der Waals surface area contributed by atoms with E-state index in [0.717, 1.165) is 49.8 Å². The third-order valence-electron chi connectivity index (χ3n) is 5.09. The minimum atomic E-state index is 0.